The van der Waals surface area contributed by atoms with Crippen molar-refractivity contribution >= 4 is 8.80 Å². The van der Waals surface area contributed by atoms with Crippen molar-refractivity contribution in [2.75, 3.05) is 39.6 Å². The normalized spacial score (nSPS) is 11.2. The Morgan fingerprint density at radius 3 is 1.48 bits per heavy atom. The van der Waals surface area contributed by atoms with Crippen LogP contribution in [0, 0.1) is 0 Å². The molecular formula is C21H37N3O6Si. The van der Waals surface area contributed by atoms with Crippen molar-refractivity contribution in [2.24, 2.45) is 0 Å². The molecule has 0 fully saturated rings. The second-order valence-corrected chi connectivity index (χ2v) is 9.29. The van der Waals surface area contributed by atoms with Crippen molar-refractivity contribution in [3.8, 4) is 18.0 Å². The zero-order valence-electron chi connectivity index (χ0n) is 19.1. The first-order chi connectivity index (χ1) is 15.1. The van der Waals surface area contributed by atoms with Gasteiger partial charge in [-0.05, 0) is 25.7 Å². The fraction of sp³-hybridized carbons (Fsp3) is 0.667. The van der Waals surface area contributed by atoms with Crippen LogP contribution in [0.3, 0.4) is 0 Å². The second-order valence-electron chi connectivity index (χ2n) is 6.56. The Kier molecular flexibility index (Phi) is 14.5. The highest BCUT2D eigenvalue weighted by atomic mass is 28.4. The predicted molar refractivity (Wildman–Crippen MR) is 121 cm³/mol. The maximum absolute atomic E-state index is 6.10. The third kappa shape index (κ3) is 11.3. The Morgan fingerprint density at radius 2 is 1.10 bits per heavy atom. The van der Waals surface area contributed by atoms with E-state index in [0.717, 1.165) is 19.3 Å². The van der Waals surface area contributed by atoms with Gasteiger partial charge in [0.2, 0.25) is 0 Å². The molecule has 9 nitrogen and oxygen atoms in total. The molecule has 1 heterocycles. The fourth-order valence-corrected chi connectivity index (χ4v) is 5.15. The van der Waals surface area contributed by atoms with E-state index in [1.165, 1.54) is 0 Å². The molecule has 0 saturated heterocycles. The molecule has 176 valence electrons. The average Bonchev–Trinajstić information content (AvgIpc) is 2.79. The van der Waals surface area contributed by atoms with E-state index >= 15 is 0 Å². The largest absolute Gasteiger partial charge is 0.501 e. The summed E-state index contributed by atoms with van der Waals surface area (Å²) in [7, 11) is -2.76. The minimum Gasteiger partial charge on any atom is -0.463 e. The third-order valence-corrected chi connectivity index (χ3v) is 6.57. The smallest absolute Gasteiger partial charge is 0.463 e. The summed E-state index contributed by atoms with van der Waals surface area (Å²) in [4.78, 5) is 12.4. The van der Waals surface area contributed by atoms with Crippen molar-refractivity contribution in [3.05, 3.63) is 25.3 Å². The third-order valence-electron chi connectivity index (χ3n) is 3.67. The molecule has 1 aromatic heterocycles. The van der Waals surface area contributed by atoms with Crippen LogP contribution >= 0.6 is 0 Å². The first-order valence-corrected chi connectivity index (χ1v) is 12.8. The average molecular weight is 456 g/mol. The number of nitrogens with zero attached hydrogens (tertiary/aromatic N) is 3. The van der Waals surface area contributed by atoms with Gasteiger partial charge in [0.15, 0.2) is 0 Å². The first kappa shape index (κ1) is 27.0. The van der Waals surface area contributed by atoms with Crippen molar-refractivity contribution in [3.63, 3.8) is 0 Å². The number of aromatic nitrogens is 3. The van der Waals surface area contributed by atoms with E-state index in [2.05, 4.69) is 48.9 Å². The van der Waals surface area contributed by atoms with Crippen LogP contribution in [0.2, 0.25) is 6.04 Å². The molecule has 0 aromatic carbocycles. The highest BCUT2D eigenvalue weighted by molar-refractivity contribution is 6.60. The molecular weight excluding hydrogens is 418 g/mol. The molecule has 0 aliphatic carbocycles. The molecule has 0 unspecified atom stereocenters. The Bertz CT molecular complexity index is 583. The van der Waals surface area contributed by atoms with Crippen molar-refractivity contribution in [1.82, 2.24) is 15.0 Å². The van der Waals surface area contributed by atoms with Gasteiger partial charge in [0.25, 0.3) is 0 Å². The van der Waals surface area contributed by atoms with Gasteiger partial charge in [-0.3, -0.25) is 0 Å². The molecule has 0 N–H and O–H groups in total. The fourth-order valence-electron chi connectivity index (χ4n) is 2.35. The molecule has 0 amide bonds. The van der Waals surface area contributed by atoms with E-state index in [1.807, 2.05) is 0 Å². The lowest BCUT2D eigenvalue weighted by molar-refractivity contribution is 0.0576. The van der Waals surface area contributed by atoms with E-state index in [1.54, 1.807) is 12.2 Å². The van der Waals surface area contributed by atoms with Gasteiger partial charge in [0, 0.05) is 25.9 Å². The van der Waals surface area contributed by atoms with E-state index in [-0.39, 0.29) is 31.2 Å². The summed E-state index contributed by atoms with van der Waals surface area (Å²) >= 11 is 0. The molecule has 0 atom stereocenters. The van der Waals surface area contributed by atoms with Gasteiger partial charge >= 0.3 is 26.8 Å². The summed E-state index contributed by atoms with van der Waals surface area (Å²) in [6, 6.07) is 0.990. The number of ether oxygens (including phenoxy) is 3. The van der Waals surface area contributed by atoms with Gasteiger partial charge < -0.3 is 27.5 Å². The van der Waals surface area contributed by atoms with Gasteiger partial charge in [-0.2, -0.15) is 0 Å². The van der Waals surface area contributed by atoms with Crippen LogP contribution in [0.4, 0.5) is 0 Å². The quantitative estimate of drug-likeness (QED) is 0.164. The molecule has 0 radical (unpaired) electrons. The zero-order chi connectivity index (χ0) is 22.8. The molecule has 0 aliphatic heterocycles. The summed E-state index contributed by atoms with van der Waals surface area (Å²) in [6.45, 7) is 16.2. The Hall–Kier alpha value is -2.01. The summed E-state index contributed by atoms with van der Waals surface area (Å²) in [5, 5.41) is 0. The highest BCUT2D eigenvalue weighted by Crippen LogP contribution is 2.21. The summed E-state index contributed by atoms with van der Waals surface area (Å²) in [5.74, 6) is 0. The SMILES string of the molecule is C=CCOc1nc(OCC=C)nc(OCCC[Si](OCCC)(OCCC)OCCC)n1. The molecule has 31 heavy (non-hydrogen) atoms. The van der Waals surface area contributed by atoms with E-state index < -0.39 is 8.80 Å². The Balaban J connectivity index is 2.75. The van der Waals surface area contributed by atoms with Crippen molar-refractivity contribution in [1.29, 1.82) is 0 Å². The highest BCUT2D eigenvalue weighted by Gasteiger charge is 2.40. The lowest BCUT2D eigenvalue weighted by Gasteiger charge is -2.29. The molecule has 1 rings (SSSR count). The molecule has 10 heteroatoms. The molecule has 0 spiro atoms. The predicted octanol–water partition coefficient (Wildman–Crippen LogP) is 3.99. The van der Waals surface area contributed by atoms with Crippen molar-refractivity contribution < 1.29 is 27.5 Å². The van der Waals surface area contributed by atoms with Crippen LogP contribution in [-0.4, -0.2) is 63.4 Å². The van der Waals surface area contributed by atoms with Crippen LogP contribution in [0.5, 0.6) is 18.0 Å². The lowest BCUT2D eigenvalue weighted by Crippen LogP contribution is -2.46. The second kappa shape index (κ2) is 16.7. The molecule has 1 aromatic rings. The maximum atomic E-state index is 6.10. The van der Waals surface area contributed by atoms with Crippen LogP contribution in [-0.2, 0) is 13.3 Å². The van der Waals surface area contributed by atoms with Crippen LogP contribution in [0.25, 0.3) is 0 Å². The van der Waals surface area contributed by atoms with E-state index in [9.17, 15) is 0 Å². The summed E-state index contributed by atoms with van der Waals surface area (Å²) < 4.78 is 34.8. The Labute approximate surface area is 187 Å². The molecule has 0 aliphatic rings. The van der Waals surface area contributed by atoms with Gasteiger partial charge in [0.1, 0.15) is 13.2 Å². The van der Waals surface area contributed by atoms with Crippen LogP contribution in [0.15, 0.2) is 25.3 Å². The lowest BCUT2D eigenvalue weighted by atomic mass is 10.5. The minimum absolute atomic E-state index is 0.108. The monoisotopic (exact) mass is 455 g/mol. The summed E-state index contributed by atoms with van der Waals surface area (Å²) in [6.07, 6.45) is 6.58. The number of rotatable bonds is 20. The minimum atomic E-state index is -2.76. The van der Waals surface area contributed by atoms with Gasteiger partial charge in [-0.15, -0.1) is 15.0 Å². The summed E-state index contributed by atoms with van der Waals surface area (Å²) in [5.41, 5.74) is 0. The molecule has 0 saturated carbocycles. The van der Waals surface area contributed by atoms with E-state index in [4.69, 9.17) is 27.5 Å². The van der Waals surface area contributed by atoms with Gasteiger partial charge in [-0.25, -0.2) is 0 Å². The zero-order valence-corrected chi connectivity index (χ0v) is 20.1. The van der Waals surface area contributed by atoms with Gasteiger partial charge in [-0.1, -0.05) is 46.1 Å². The number of hydrogen-bond donors (Lipinski definition) is 0. The van der Waals surface area contributed by atoms with E-state index in [0.29, 0.717) is 38.9 Å². The van der Waals surface area contributed by atoms with Gasteiger partial charge in [0.05, 0.1) is 6.61 Å². The Morgan fingerprint density at radius 1 is 0.677 bits per heavy atom. The topological polar surface area (TPSA) is 94.1 Å². The number of hydrogen-bond acceptors (Lipinski definition) is 9. The standard InChI is InChI=1S/C21H37N3O6Si/c1-6-12-25-19-22-20(26-13-7-2)24-21(23-19)27-17-11-18-31(28-14-8-3,29-15-9-4)30-16-10-5/h6-7H,1-2,8-18H2,3-5H3. The molecule has 0 bridgehead atoms. The van der Waals surface area contributed by atoms with Crippen molar-refractivity contribution in [2.45, 2.75) is 52.5 Å². The first-order valence-electron chi connectivity index (χ1n) is 10.9. The van der Waals surface area contributed by atoms with Crippen LogP contribution < -0.4 is 14.2 Å². The van der Waals surface area contributed by atoms with Crippen LogP contribution in [0.1, 0.15) is 46.5 Å². The maximum Gasteiger partial charge on any atom is 0.501 e.